The van der Waals surface area contributed by atoms with Gasteiger partial charge in [0.2, 0.25) is 0 Å². The summed E-state index contributed by atoms with van der Waals surface area (Å²) >= 11 is 0. The number of rotatable bonds is 5. The van der Waals surface area contributed by atoms with Gasteiger partial charge in [-0.3, -0.25) is 0 Å². The molecule has 106 valence electrons. The van der Waals surface area contributed by atoms with Gasteiger partial charge in [0.15, 0.2) is 11.6 Å². The second kappa shape index (κ2) is 6.14. The van der Waals surface area contributed by atoms with E-state index in [1.54, 1.807) is 37.4 Å². The second-order valence-electron chi connectivity index (χ2n) is 4.20. The van der Waals surface area contributed by atoms with Gasteiger partial charge in [0.25, 0.3) is 0 Å². The Morgan fingerprint density at radius 1 is 1.15 bits per heavy atom. The molecule has 2 aromatic carbocycles. The molecule has 0 radical (unpaired) electrons. The van der Waals surface area contributed by atoms with E-state index in [1.807, 2.05) is 6.92 Å². The molecule has 0 aromatic heterocycles. The number of hydrogen-bond donors (Lipinski definition) is 2. The Kier molecular flexibility index (Phi) is 4.30. The van der Waals surface area contributed by atoms with Crippen molar-refractivity contribution in [3.05, 3.63) is 42.2 Å². The van der Waals surface area contributed by atoms with Crippen LogP contribution in [0.2, 0.25) is 0 Å². The average Bonchev–Trinajstić information content (AvgIpc) is 2.41. The van der Waals surface area contributed by atoms with Crippen molar-refractivity contribution in [1.82, 2.24) is 0 Å². The largest absolute Gasteiger partial charge is 0.497 e. The molecule has 0 spiro atoms. The number of nitrogens with two attached hydrogens (primary N) is 1. The molecule has 0 fully saturated rings. The van der Waals surface area contributed by atoms with Crippen LogP contribution in [-0.4, -0.2) is 13.7 Å². The Hall–Kier alpha value is -2.43. The Morgan fingerprint density at radius 2 is 1.95 bits per heavy atom. The van der Waals surface area contributed by atoms with E-state index in [9.17, 15) is 4.39 Å². The van der Waals surface area contributed by atoms with Gasteiger partial charge in [-0.05, 0) is 25.1 Å². The van der Waals surface area contributed by atoms with E-state index < -0.39 is 5.82 Å². The van der Waals surface area contributed by atoms with Gasteiger partial charge in [-0.2, -0.15) is 0 Å². The smallest absolute Gasteiger partial charge is 0.167 e. The Balaban J connectivity index is 2.21. The molecule has 4 nitrogen and oxygen atoms in total. The van der Waals surface area contributed by atoms with Crippen molar-refractivity contribution < 1.29 is 13.9 Å². The zero-order valence-electron chi connectivity index (χ0n) is 11.4. The van der Waals surface area contributed by atoms with Gasteiger partial charge < -0.3 is 20.5 Å². The minimum atomic E-state index is -0.410. The molecule has 5 heteroatoms. The second-order valence-corrected chi connectivity index (χ2v) is 4.20. The molecule has 0 atom stereocenters. The fourth-order valence-electron chi connectivity index (χ4n) is 1.83. The average molecular weight is 276 g/mol. The zero-order chi connectivity index (χ0) is 14.5. The highest BCUT2D eigenvalue weighted by molar-refractivity contribution is 5.66. The number of ether oxygens (including phenoxy) is 2. The van der Waals surface area contributed by atoms with Crippen molar-refractivity contribution in [1.29, 1.82) is 0 Å². The molecule has 0 bridgehead atoms. The standard InChI is InChI=1S/C15H17FN2O2/c1-3-20-15-5-4-11(9-14(15)16)18-12-6-10(17)7-13(8-12)19-2/h4-9,18H,3,17H2,1-2H3. The molecule has 3 N–H and O–H groups in total. The van der Waals surface area contributed by atoms with E-state index >= 15 is 0 Å². The molecule has 0 aliphatic rings. The van der Waals surface area contributed by atoms with E-state index in [0.717, 1.165) is 5.69 Å². The van der Waals surface area contributed by atoms with Crippen LogP contribution in [0.1, 0.15) is 6.92 Å². The fraction of sp³-hybridized carbons (Fsp3) is 0.200. The highest BCUT2D eigenvalue weighted by atomic mass is 19.1. The maximum atomic E-state index is 13.8. The molecule has 20 heavy (non-hydrogen) atoms. The lowest BCUT2D eigenvalue weighted by Crippen LogP contribution is -1.97. The monoisotopic (exact) mass is 276 g/mol. The topological polar surface area (TPSA) is 56.5 Å². The molecular formula is C15H17FN2O2. The maximum Gasteiger partial charge on any atom is 0.167 e. The molecule has 2 rings (SSSR count). The number of benzene rings is 2. The van der Waals surface area contributed by atoms with Gasteiger partial charge >= 0.3 is 0 Å². The molecule has 0 heterocycles. The third kappa shape index (κ3) is 3.32. The van der Waals surface area contributed by atoms with Gasteiger partial charge in [0, 0.05) is 35.3 Å². The van der Waals surface area contributed by atoms with Gasteiger partial charge in [-0.1, -0.05) is 0 Å². The molecular weight excluding hydrogens is 259 g/mol. The third-order valence-corrected chi connectivity index (χ3v) is 2.68. The first-order valence-corrected chi connectivity index (χ1v) is 6.26. The summed E-state index contributed by atoms with van der Waals surface area (Å²) in [6.07, 6.45) is 0. The molecule has 0 saturated carbocycles. The first kappa shape index (κ1) is 14.0. The quantitative estimate of drug-likeness (QED) is 0.820. The molecule has 0 aliphatic carbocycles. The number of nitrogens with one attached hydrogen (secondary N) is 1. The van der Waals surface area contributed by atoms with E-state index in [4.69, 9.17) is 15.2 Å². The Labute approximate surface area is 117 Å². The van der Waals surface area contributed by atoms with Crippen LogP contribution in [0.5, 0.6) is 11.5 Å². The van der Waals surface area contributed by atoms with Crippen LogP contribution in [0, 0.1) is 5.82 Å². The van der Waals surface area contributed by atoms with Gasteiger partial charge in [-0.15, -0.1) is 0 Å². The van der Waals surface area contributed by atoms with Crippen LogP contribution in [0.25, 0.3) is 0 Å². The van der Waals surface area contributed by atoms with E-state index in [-0.39, 0.29) is 5.75 Å². The first-order valence-electron chi connectivity index (χ1n) is 6.26. The lowest BCUT2D eigenvalue weighted by molar-refractivity contribution is 0.321. The van der Waals surface area contributed by atoms with Crippen LogP contribution >= 0.6 is 0 Å². The minimum Gasteiger partial charge on any atom is -0.497 e. The number of methoxy groups -OCH3 is 1. The van der Waals surface area contributed by atoms with E-state index in [1.165, 1.54) is 6.07 Å². The summed E-state index contributed by atoms with van der Waals surface area (Å²) in [7, 11) is 1.56. The zero-order valence-corrected chi connectivity index (χ0v) is 11.4. The Morgan fingerprint density at radius 3 is 2.60 bits per heavy atom. The molecule has 0 amide bonds. The van der Waals surface area contributed by atoms with Crippen molar-refractivity contribution in [3.63, 3.8) is 0 Å². The van der Waals surface area contributed by atoms with Crippen molar-refractivity contribution >= 4 is 17.1 Å². The van der Waals surface area contributed by atoms with Crippen LogP contribution in [0.3, 0.4) is 0 Å². The minimum absolute atomic E-state index is 0.239. The van der Waals surface area contributed by atoms with E-state index in [0.29, 0.717) is 23.7 Å². The highest BCUT2D eigenvalue weighted by Crippen LogP contribution is 2.27. The van der Waals surface area contributed by atoms with Crippen molar-refractivity contribution in [2.24, 2.45) is 0 Å². The summed E-state index contributed by atoms with van der Waals surface area (Å²) in [5, 5.41) is 3.07. The van der Waals surface area contributed by atoms with Crippen molar-refractivity contribution in [2.75, 3.05) is 24.8 Å². The number of nitrogen functional groups attached to an aromatic ring is 1. The first-order chi connectivity index (χ1) is 9.62. The summed E-state index contributed by atoms with van der Waals surface area (Å²) < 4.78 is 24.0. The van der Waals surface area contributed by atoms with Crippen molar-refractivity contribution in [2.45, 2.75) is 6.92 Å². The highest BCUT2D eigenvalue weighted by Gasteiger charge is 2.05. The lowest BCUT2D eigenvalue weighted by atomic mass is 10.2. The lowest BCUT2D eigenvalue weighted by Gasteiger charge is -2.11. The number of hydrogen-bond acceptors (Lipinski definition) is 4. The van der Waals surface area contributed by atoms with Crippen LogP contribution in [0.15, 0.2) is 36.4 Å². The van der Waals surface area contributed by atoms with Crippen LogP contribution in [0.4, 0.5) is 21.5 Å². The molecule has 0 unspecified atom stereocenters. The normalized spacial score (nSPS) is 10.2. The number of anilines is 3. The van der Waals surface area contributed by atoms with Gasteiger partial charge in [0.1, 0.15) is 5.75 Å². The molecule has 2 aromatic rings. The van der Waals surface area contributed by atoms with Gasteiger partial charge in [0.05, 0.1) is 13.7 Å². The number of halogens is 1. The van der Waals surface area contributed by atoms with Crippen molar-refractivity contribution in [3.8, 4) is 11.5 Å². The molecule has 0 saturated heterocycles. The molecule has 0 aliphatic heterocycles. The predicted octanol–water partition coefficient (Wildman–Crippen LogP) is 3.56. The Bertz CT molecular complexity index is 602. The summed E-state index contributed by atoms with van der Waals surface area (Å²) in [4.78, 5) is 0. The summed E-state index contributed by atoms with van der Waals surface area (Å²) in [5.74, 6) is 0.467. The third-order valence-electron chi connectivity index (χ3n) is 2.68. The SMILES string of the molecule is CCOc1ccc(Nc2cc(N)cc(OC)c2)cc1F. The summed E-state index contributed by atoms with van der Waals surface area (Å²) in [6.45, 7) is 2.24. The van der Waals surface area contributed by atoms with Crippen LogP contribution in [-0.2, 0) is 0 Å². The fourth-order valence-corrected chi connectivity index (χ4v) is 1.83. The predicted molar refractivity (Wildman–Crippen MR) is 78.3 cm³/mol. The van der Waals surface area contributed by atoms with Gasteiger partial charge in [-0.25, -0.2) is 4.39 Å². The van der Waals surface area contributed by atoms with E-state index in [2.05, 4.69) is 5.32 Å². The summed E-state index contributed by atoms with van der Waals surface area (Å²) in [6, 6.07) is 9.95. The maximum absolute atomic E-state index is 13.8. The van der Waals surface area contributed by atoms with Crippen LogP contribution < -0.4 is 20.5 Å². The summed E-state index contributed by atoms with van der Waals surface area (Å²) in [5.41, 5.74) is 7.67.